The molecule has 0 aliphatic carbocycles. The Morgan fingerprint density at radius 2 is 0.690 bits per heavy atom. The van der Waals surface area contributed by atoms with E-state index >= 15 is 0 Å². The number of para-hydroxylation sites is 6. The van der Waals surface area contributed by atoms with Gasteiger partial charge < -0.3 is 18.6 Å². The van der Waals surface area contributed by atoms with Crippen molar-refractivity contribution < 1.29 is 2.74 Å². The van der Waals surface area contributed by atoms with Crippen LogP contribution >= 0.6 is 0 Å². The summed E-state index contributed by atoms with van der Waals surface area (Å²) in [6, 6.07) is 69.2. The highest BCUT2D eigenvalue weighted by molar-refractivity contribution is 6.32. The Morgan fingerprint density at radius 1 is 0.310 bits per heavy atom. The van der Waals surface area contributed by atoms with Crippen molar-refractivity contribution in [2.24, 2.45) is 0 Å². The maximum Gasteiger partial charge on any atom is 0.0641 e. The third-order valence-electron chi connectivity index (χ3n) is 12.2. The van der Waals surface area contributed by atoms with Gasteiger partial charge in [0.2, 0.25) is 0 Å². The van der Waals surface area contributed by atoms with Gasteiger partial charge in [-0.3, -0.25) is 0 Å². The summed E-state index contributed by atoms with van der Waals surface area (Å²) in [6.45, 7) is 0. The van der Waals surface area contributed by atoms with Crippen LogP contribution in [0.25, 0.3) is 76.2 Å². The standard InChI is InChI=1S/C54H34N4/c1-5-17-35(18-6-1)55(36-19-7-2-8-20-36)47-31-29-39-43-33-50-44(34-49(43)57-45-27-15-13-25-41(45)51(47)53(39)57)40-30-32-48(52-42-26-14-16-28-46(42)58(50)54(40)52)56(37-21-9-3-10-22-37)38-23-11-4-12-24-38/h1-34H/i5D,9D. The zero-order valence-corrected chi connectivity index (χ0v) is 31.3. The lowest BCUT2D eigenvalue weighted by molar-refractivity contribution is 1.30. The molecule has 0 fully saturated rings. The molecule has 13 rings (SSSR count). The van der Waals surface area contributed by atoms with Crippen LogP contribution in [0.3, 0.4) is 0 Å². The van der Waals surface area contributed by atoms with Gasteiger partial charge in [-0.25, -0.2) is 0 Å². The molecule has 0 aliphatic rings. The number of anilines is 6. The molecule has 58 heavy (non-hydrogen) atoms. The minimum absolute atomic E-state index is 0.476. The molecule has 4 nitrogen and oxygen atoms in total. The van der Waals surface area contributed by atoms with Crippen molar-refractivity contribution >= 4 is 110 Å². The van der Waals surface area contributed by atoms with Crippen LogP contribution in [0.15, 0.2) is 206 Å². The lowest BCUT2D eigenvalue weighted by Gasteiger charge is -2.26. The average Bonchev–Trinajstić information content (AvgIpc) is 4.01. The van der Waals surface area contributed by atoms with Gasteiger partial charge in [-0.15, -0.1) is 0 Å². The van der Waals surface area contributed by atoms with Gasteiger partial charge in [0, 0.05) is 65.8 Å². The van der Waals surface area contributed by atoms with Crippen LogP contribution in [0.5, 0.6) is 0 Å². The fourth-order valence-corrected chi connectivity index (χ4v) is 9.90. The highest BCUT2D eigenvalue weighted by Crippen LogP contribution is 2.51. The zero-order chi connectivity index (χ0) is 39.6. The molecular formula is C54H34N4. The van der Waals surface area contributed by atoms with Gasteiger partial charge in [-0.2, -0.15) is 0 Å². The van der Waals surface area contributed by atoms with Gasteiger partial charge in [0.1, 0.15) is 0 Å². The van der Waals surface area contributed by atoms with E-state index in [4.69, 9.17) is 2.74 Å². The van der Waals surface area contributed by atoms with Crippen LogP contribution in [0.2, 0.25) is 0 Å². The highest BCUT2D eigenvalue weighted by Gasteiger charge is 2.27. The van der Waals surface area contributed by atoms with Gasteiger partial charge in [-0.1, -0.05) is 121 Å². The third kappa shape index (κ3) is 4.18. The van der Waals surface area contributed by atoms with E-state index in [1.54, 1.807) is 0 Å². The van der Waals surface area contributed by atoms with Crippen molar-refractivity contribution in [2.45, 2.75) is 0 Å². The molecule has 0 bridgehead atoms. The monoisotopic (exact) mass is 740 g/mol. The van der Waals surface area contributed by atoms with Crippen LogP contribution in [-0.4, -0.2) is 8.80 Å². The van der Waals surface area contributed by atoms with Crippen LogP contribution < -0.4 is 9.80 Å². The summed E-state index contributed by atoms with van der Waals surface area (Å²) in [5, 5.41) is 9.61. The fourth-order valence-electron chi connectivity index (χ4n) is 9.90. The van der Waals surface area contributed by atoms with Crippen molar-refractivity contribution in [3.05, 3.63) is 206 Å². The molecule has 0 aliphatic heterocycles. The number of nitrogens with zero attached hydrogens (tertiary/aromatic N) is 4. The molecule has 13 aromatic rings. The van der Waals surface area contributed by atoms with E-state index < -0.39 is 0 Å². The summed E-state index contributed by atoms with van der Waals surface area (Å²) in [4.78, 5) is 4.60. The molecule has 0 unspecified atom stereocenters. The summed E-state index contributed by atoms with van der Waals surface area (Å²) >= 11 is 0. The van der Waals surface area contributed by atoms with Gasteiger partial charge in [-0.05, 0) is 84.9 Å². The molecule has 4 heteroatoms. The van der Waals surface area contributed by atoms with Crippen molar-refractivity contribution in [3.63, 3.8) is 0 Å². The third-order valence-corrected chi connectivity index (χ3v) is 12.2. The molecule has 270 valence electrons. The van der Waals surface area contributed by atoms with E-state index in [1.807, 2.05) is 48.5 Å². The van der Waals surface area contributed by atoms with Crippen LogP contribution in [0.4, 0.5) is 34.1 Å². The normalized spacial score (nSPS) is 12.6. The van der Waals surface area contributed by atoms with E-state index in [0.29, 0.717) is 12.1 Å². The number of fused-ring (bicyclic) bond motifs is 12. The fraction of sp³-hybridized carbons (Fsp3) is 0. The Hall–Kier alpha value is -7.82. The Labute approximate surface area is 336 Å². The van der Waals surface area contributed by atoms with E-state index in [2.05, 4.69) is 164 Å². The van der Waals surface area contributed by atoms with Crippen LogP contribution in [-0.2, 0) is 0 Å². The lowest BCUT2D eigenvalue weighted by Crippen LogP contribution is -2.10. The first-order chi connectivity index (χ1) is 29.6. The Morgan fingerprint density at radius 3 is 1.12 bits per heavy atom. The first-order valence-corrected chi connectivity index (χ1v) is 19.8. The Kier molecular flexibility index (Phi) is 6.02. The summed E-state index contributed by atoms with van der Waals surface area (Å²) in [5.74, 6) is 0. The Bertz CT molecular complexity index is 3560. The van der Waals surface area contributed by atoms with Crippen LogP contribution in [0, 0.1) is 0 Å². The van der Waals surface area contributed by atoms with Gasteiger partial charge in [0.25, 0.3) is 0 Å². The first-order valence-electron chi connectivity index (χ1n) is 20.8. The number of hydrogen-bond donors (Lipinski definition) is 0. The maximum absolute atomic E-state index is 8.56. The van der Waals surface area contributed by atoms with Crippen molar-refractivity contribution in [2.75, 3.05) is 9.80 Å². The highest BCUT2D eigenvalue weighted by atomic mass is 15.2. The minimum atomic E-state index is 0.476. The topological polar surface area (TPSA) is 15.3 Å². The van der Waals surface area contributed by atoms with E-state index in [-0.39, 0.29) is 0 Å². The molecule has 0 N–H and O–H groups in total. The summed E-state index contributed by atoms with van der Waals surface area (Å²) in [6.07, 6.45) is 0. The van der Waals surface area contributed by atoms with Crippen molar-refractivity contribution in [3.8, 4) is 0 Å². The molecule has 0 saturated heterocycles. The minimum Gasteiger partial charge on any atom is -0.310 e. The molecular weight excluding hydrogens is 705 g/mol. The number of benzene rings is 9. The summed E-state index contributed by atoms with van der Waals surface area (Å²) in [5.41, 5.74) is 13.2. The average molecular weight is 741 g/mol. The Balaban J connectivity index is 1.13. The van der Waals surface area contributed by atoms with Crippen LogP contribution in [0.1, 0.15) is 2.74 Å². The van der Waals surface area contributed by atoms with E-state index in [1.165, 1.54) is 76.2 Å². The number of hydrogen-bond acceptors (Lipinski definition) is 2. The molecule has 9 aromatic carbocycles. The smallest absolute Gasteiger partial charge is 0.0641 e. The predicted octanol–water partition coefficient (Wildman–Crippen LogP) is 14.9. The molecule has 4 aromatic heterocycles. The summed E-state index contributed by atoms with van der Waals surface area (Å²) < 4.78 is 22.1. The molecule has 0 radical (unpaired) electrons. The number of aromatic nitrogens is 2. The first kappa shape index (κ1) is 29.5. The molecule has 0 saturated carbocycles. The largest absolute Gasteiger partial charge is 0.310 e. The van der Waals surface area contributed by atoms with Crippen molar-refractivity contribution in [1.29, 1.82) is 0 Å². The zero-order valence-electron chi connectivity index (χ0n) is 33.3. The maximum atomic E-state index is 8.56. The molecule has 0 amide bonds. The summed E-state index contributed by atoms with van der Waals surface area (Å²) in [7, 11) is 0. The van der Waals surface area contributed by atoms with Crippen molar-refractivity contribution in [1.82, 2.24) is 8.80 Å². The SMILES string of the molecule is [2H]c1cccc(N(c2ccccc2)c2ccc3c4cc5c(cc4n4c6ccccc6c2c34)c2ccc(N(c3ccccc3)c3cccc([2H])c3)c3c4ccccc4n5c23)c1. The molecule has 4 heterocycles. The van der Waals surface area contributed by atoms with E-state index in [0.717, 1.165) is 34.1 Å². The van der Waals surface area contributed by atoms with Gasteiger partial charge in [0.05, 0.1) is 47.2 Å². The second-order valence-corrected chi connectivity index (χ2v) is 15.2. The van der Waals surface area contributed by atoms with Gasteiger partial charge >= 0.3 is 0 Å². The lowest BCUT2D eigenvalue weighted by atomic mass is 10.0. The second-order valence-electron chi connectivity index (χ2n) is 15.2. The number of rotatable bonds is 6. The van der Waals surface area contributed by atoms with Gasteiger partial charge in [0.15, 0.2) is 0 Å². The second kappa shape index (κ2) is 11.8. The molecule has 0 spiro atoms. The quantitative estimate of drug-likeness (QED) is 0.169. The molecule has 0 atom stereocenters. The van der Waals surface area contributed by atoms with E-state index in [9.17, 15) is 0 Å². The predicted molar refractivity (Wildman–Crippen MR) is 245 cm³/mol.